The van der Waals surface area contributed by atoms with Gasteiger partial charge in [0.2, 0.25) is 5.12 Å². The van der Waals surface area contributed by atoms with E-state index in [1.807, 2.05) is 24.3 Å². The molecule has 0 atom stereocenters. The fourth-order valence-electron chi connectivity index (χ4n) is 2.21. The Morgan fingerprint density at radius 2 is 1.67 bits per heavy atom. The molecule has 1 aromatic carbocycles. The van der Waals surface area contributed by atoms with Gasteiger partial charge in [-0.1, -0.05) is 39.0 Å². The molecule has 0 saturated carbocycles. The molecule has 0 aliphatic carbocycles. The summed E-state index contributed by atoms with van der Waals surface area (Å²) < 4.78 is 0. The summed E-state index contributed by atoms with van der Waals surface area (Å²) in [5.74, 6) is 0.895. The van der Waals surface area contributed by atoms with Gasteiger partial charge in [0, 0.05) is 23.5 Å². The summed E-state index contributed by atoms with van der Waals surface area (Å²) in [7, 11) is 0. The molecule has 1 N–H and O–H groups in total. The number of carbonyl (C=O) groups excluding carboxylic acids is 1. The average molecular weight is 395 g/mol. The second-order valence-corrected chi connectivity index (χ2v) is 6.44. The zero-order valence-electron chi connectivity index (χ0n) is 15.0. The van der Waals surface area contributed by atoms with Gasteiger partial charge in [0.1, 0.15) is 0 Å². The molecule has 0 radical (unpaired) electrons. The smallest absolute Gasteiger partial charge is 0.219 e. The van der Waals surface area contributed by atoms with E-state index in [4.69, 9.17) is 0 Å². The third-order valence-electron chi connectivity index (χ3n) is 3.73. The monoisotopic (exact) mass is 394 g/mol. The average Bonchev–Trinajstić information content (AvgIpc) is 2.55. The molecule has 0 bridgehead atoms. The van der Waals surface area contributed by atoms with E-state index in [2.05, 4.69) is 31.0 Å². The molecule has 24 heavy (non-hydrogen) atoms. The van der Waals surface area contributed by atoms with Crippen LogP contribution in [0.5, 0.6) is 0 Å². The molecule has 0 saturated heterocycles. The van der Waals surface area contributed by atoms with E-state index >= 15 is 0 Å². The van der Waals surface area contributed by atoms with Crippen LogP contribution in [0.4, 0.5) is 5.69 Å². The van der Waals surface area contributed by atoms with Gasteiger partial charge in [0.05, 0.1) is 0 Å². The predicted molar refractivity (Wildman–Crippen MR) is 114 cm³/mol. The van der Waals surface area contributed by atoms with Crippen molar-refractivity contribution in [1.29, 1.82) is 0 Å². The van der Waals surface area contributed by atoms with Crippen LogP contribution in [0.2, 0.25) is 0 Å². The molecule has 3 nitrogen and oxygen atoms in total. The Kier molecular flexibility index (Phi) is 17.3. The number of halogens is 2. The van der Waals surface area contributed by atoms with Crippen LogP contribution in [0.3, 0.4) is 0 Å². The van der Waals surface area contributed by atoms with E-state index in [1.165, 1.54) is 24.6 Å². The highest BCUT2D eigenvalue weighted by Gasteiger charge is 2.07. The number of hydrogen-bond acceptors (Lipinski definition) is 4. The van der Waals surface area contributed by atoms with E-state index in [1.54, 1.807) is 0 Å². The van der Waals surface area contributed by atoms with Gasteiger partial charge >= 0.3 is 0 Å². The number of benzene rings is 1. The van der Waals surface area contributed by atoms with Gasteiger partial charge in [-0.15, -0.1) is 24.8 Å². The highest BCUT2D eigenvalue weighted by molar-refractivity contribution is 8.14. The summed E-state index contributed by atoms with van der Waals surface area (Å²) in [5.41, 5.74) is 1.89. The number of thioether (sulfide) groups is 1. The van der Waals surface area contributed by atoms with Crippen molar-refractivity contribution in [2.45, 2.75) is 40.0 Å². The number of nitrogens with zero attached hydrogens (tertiary/aromatic N) is 1. The highest BCUT2D eigenvalue weighted by Crippen LogP contribution is 2.16. The molecule has 0 aliphatic rings. The second kappa shape index (κ2) is 16.1. The van der Waals surface area contributed by atoms with E-state index in [0.717, 1.165) is 49.6 Å². The first kappa shape index (κ1) is 25.8. The molecule has 140 valence electrons. The Balaban J connectivity index is 0. The molecule has 0 aromatic heterocycles. The molecule has 1 aromatic rings. The van der Waals surface area contributed by atoms with Crippen LogP contribution in [0.1, 0.15) is 50.4 Å². The summed E-state index contributed by atoms with van der Waals surface area (Å²) >= 11 is 1.43. The topological polar surface area (TPSA) is 32.3 Å². The molecule has 1 rings (SSSR count). The lowest BCUT2D eigenvalue weighted by Gasteiger charge is -2.17. The predicted octanol–water partition coefficient (Wildman–Crippen LogP) is 5.35. The summed E-state index contributed by atoms with van der Waals surface area (Å²) in [4.78, 5) is 14.5. The number of anilines is 1. The van der Waals surface area contributed by atoms with Crippen molar-refractivity contribution in [3.05, 3.63) is 29.8 Å². The largest absolute Gasteiger partial charge is 0.385 e. The Labute approximate surface area is 164 Å². The minimum atomic E-state index is 0. The quantitative estimate of drug-likeness (QED) is 0.512. The lowest BCUT2D eigenvalue weighted by Crippen LogP contribution is -2.24. The van der Waals surface area contributed by atoms with Gasteiger partial charge in [-0.25, -0.2) is 0 Å². The SMILES string of the molecule is CCCCNc1ccc(C(=O)SCCCN(CC)CC)cc1.Cl.Cl. The van der Waals surface area contributed by atoms with E-state index in [-0.39, 0.29) is 29.9 Å². The highest BCUT2D eigenvalue weighted by atomic mass is 35.5. The number of nitrogens with one attached hydrogen (secondary N) is 1. The lowest BCUT2D eigenvalue weighted by molar-refractivity contribution is 0.108. The maximum atomic E-state index is 12.1. The number of carbonyl (C=O) groups is 1. The third kappa shape index (κ3) is 10.4. The Morgan fingerprint density at radius 1 is 1.04 bits per heavy atom. The van der Waals surface area contributed by atoms with Crippen LogP contribution in [-0.2, 0) is 0 Å². The molecule has 0 heterocycles. The van der Waals surface area contributed by atoms with Crippen LogP contribution < -0.4 is 5.32 Å². The van der Waals surface area contributed by atoms with Crippen molar-refractivity contribution >= 4 is 47.4 Å². The van der Waals surface area contributed by atoms with Gasteiger partial charge in [-0.2, -0.15) is 0 Å². The molecule has 0 amide bonds. The normalized spacial score (nSPS) is 10.0. The summed E-state index contributed by atoms with van der Waals surface area (Å²) in [6, 6.07) is 7.85. The number of unbranched alkanes of at least 4 members (excludes halogenated alkanes) is 1. The maximum Gasteiger partial charge on any atom is 0.219 e. The van der Waals surface area contributed by atoms with E-state index in [0.29, 0.717) is 0 Å². The molecular weight excluding hydrogens is 363 g/mol. The van der Waals surface area contributed by atoms with Crippen molar-refractivity contribution < 1.29 is 4.79 Å². The summed E-state index contributed by atoms with van der Waals surface area (Å²) in [6.07, 6.45) is 3.42. The first-order valence-electron chi connectivity index (χ1n) is 8.44. The number of hydrogen-bond donors (Lipinski definition) is 1. The van der Waals surface area contributed by atoms with Gasteiger partial charge in [0.25, 0.3) is 0 Å². The van der Waals surface area contributed by atoms with Gasteiger partial charge < -0.3 is 10.2 Å². The summed E-state index contributed by atoms with van der Waals surface area (Å²) in [6.45, 7) is 10.8. The van der Waals surface area contributed by atoms with Crippen molar-refractivity contribution in [3.63, 3.8) is 0 Å². The number of rotatable bonds is 11. The standard InChI is InChI=1S/C18H30N2OS.2ClH/c1-4-7-13-19-17-11-9-16(10-12-17)18(21)22-15-8-14-20(5-2)6-3;;/h9-12,19H,4-8,13-15H2,1-3H3;2*1H. The zero-order chi connectivity index (χ0) is 16.2. The van der Waals surface area contributed by atoms with Crippen LogP contribution in [0, 0.1) is 0 Å². The molecule has 6 heteroatoms. The summed E-state index contributed by atoms with van der Waals surface area (Å²) in [5, 5.41) is 3.55. The minimum absolute atomic E-state index is 0. The molecule has 0 aliphatic heterocycles. The van der Waals surface area contributed by atoms with Crippen molar-refractivity contribution in [2.24, 2.45) is 0 Å². The minimum Gasteiger partial charge on any atom is -0.385 e. The van der Waals surface area contributed by atoms with E-state index < -0.39 is 0 Å². The van der Waals surface area contributed by atoms with Crippen LogP contribution in [-0.4, -0.2) is 41.9 Å². The fourth-order valence-corrected chi connectivity index (χ4v) is 2.97. The first-order chi connectivity index (χ1) is 10.7. The van der Waals surface area contributed by atoms with Gasteiger partial charge in [-0.3, -0.25) is 4.79 Å². The molecular formula is C18H32Cl2N2OS. The molecule has 0 unspecified atom stereocenters. The van der Waals surface area contributed by atoms with Crippen LogP contribution in [0.15, 0.2) is 24.3 Å². The van der Waals surface area contributed by atoms with Crippen molar-refractivity contribution in [3.8, 4) is 0 Å². The van der Waals surface area contributed by atoms with E-state index in [9.17, 15) is 4.79 Å². The Morgan fingerprint density at radius 3 is 2.21 bits per heavy atom. The van der Waals surface area contributed by atoms with Crippen LogP contribution in [0.25, 0.3) is 0 Å². The second-order valence-electron chi connectivity index (χ2n) is 5.37. The van der Waals surface area contributed by atoms with Crippen molar-refractivity contribution in [2.75, 3.05) is 37.2 Å². The first-order valence-corrected chi connectivity index (χ1v) is 9.43. The van der Waals surface area contributed by atoms with Crippen LogP contribution >= 0.6 is 36.6 Å². The lowest BCUT2D eigenvalue weighted by atomic mass is 10.2. The van der Waals surface area contributed by atoms with Crippen molar-refractivity contribution in [1.82, 2.24) is 4.90 Å². The maximum absolute atomic E-state index is 12.1. The Bertz CT molecular complexity index is 426. The zero-order valence-corrected chi connectivity index (χ0v) is 17.5. The Hall–Kier alpha value is -0.420. The molecule has 0 fully saturated rings. The van der Waals surface area contributed by atoms with Gasteiger partial charge in [-0.05, 0) is 56.7 Å². The fraction of sp³-hybridized carbons (Fsp3) is 0.611. The third-order valence-corrected chi connectivity index (χ3v) is 4.72. The molecule has 0 spiro atoms. The van der Waals surface area contributed by atoms with Gasteiger partial charge in [0.15, 0.2) is 0 Å².